The lowest BCUT2D eigenvalue weighted by atomic mass is 10.0. The predicted molar refractivity (Wildman–Crippen MR) is 113 cm³/mol. The minimum absolute atomic E-state index is 0.179. The van der Waals surface area contributed by atoms with Crippen LogP contribution in [-0.4, -0.2) is 42.5 Å². The highest BCUT2D eigenvalue weighted by Crippen LogP contribution is 2.31. The van der Waals surface area contributed by atoms with E-state index in [1.165, 1.54) is 12.1 Å². The van der Waals surface area contributed by atoms with Crippen molar-refractivity contribution in [1.29, 1.82) is 0 Å². The second-order valence-corrected chi connectivity index (χ2v) is 8.03. The van der Waals surface area contributed by atoms with E-state index < -0.39 is 11.7 Å². The van der Waals surface area contributed by atoms with Gasteiger partial charge < -0.3 is 14.5 Å². The van der Waals surface area contributed by atoms with Crippen molar-refractivity contribution < 1.29 is 13.2 Å². The fourth-order valence-corrected chi connectivity index (χ4v) is 4.27. The molecule has 1 fully saturated rings. The number of rotatable bonds is 4. The zero-order valence-corrected chi connectivity index (χ0v) is 17.1. The molecule has 0 aliphatic carbocycles. The Bertz CT molecular complexity index is 1280. The monoisotopic (exact) mass is 442 g/mol. The SMILES string of the molecule is O=c1[nH]ccc2c1ncn2C1CCN(Cc2cnc(-c3ccc(C(F)(F)F)cc3)[nH]2)CC1. The van der Waals surface area contributed by atoms with E-state index in [4.69, 9.17) is 0 Å². The fourth-order valence-electron chi connectivity index (χ4n) is 4.27. The molecule has 2 N–H and O–H groups in total. The Morgan fingerprint density at radius 3 is 2.53 bits per heavy atom. The van der Waals surface area contributed by atoms with Crippen LogP contribution < -0.4 is 5.56 Å². The first-order valence-electron chi connectivity index (χ1n) is 10.4. The lowest BCUT2D eigenvalue weighted by Gasteiger charge is -2.32. The first-order valence-corrected chi connectivity index (χ1v) is 10.4. The standard InChI is InChI=1S/C22H21F3N6O/c23-22(24,25)15-3-1-14(2-4-15)20-27-11-16(29-20)12-30-9-6-17(7-10-30)31-13-28-19-18(31)5-8-26-21(19)32/h1-5,8,11,13,17H,6-7,9-10,12H2,(H,26,32)(H,27,29). The van der Waals surface area contributed by atoms with Crippen LogP contribution in [0.5, 0.6) is 0 Å². The molecule has 0 saturated carbocycles. The zero-order valence-electron chi connectivity index (χ0n) is 17.1. The number of likely N-dealkylation sites (tertiary alicyclic amines) is 1. The molecule has 1 aromatic carbocycles. The van der Waals surface area contributed by atoms with Crippen LogP contribution in [0.4, 0.5) is 13.2 Å². The highest BCUT2D eigenvalue weighted by Gasteiger charge is 2.30. The Kier molecular flexibility index (Phi) is 5.09. The average Bonchev–Trinajstić information content (AvgIpc) is 3.42. The molecule has 4 aromatic rings. The van der Waals surface area contributed by atoms with E-state index in [-0.39, 0.29) is 11.6 Å². The van der Waals surface area contributed by atoms with Crippen LogP contribution >= 0.6 is 0 Å². The highest BCUT2D eigenvalue weighted by atomic mass is 19.4. The minimum Gasteiger partial charge on any atom is -0.341 e. The van der Waals surface area contributed by atoms with Crippen LogP contribution in [0.3, 0.4) is 0 Å². The lowest BCUT2D eigenvalue weighted by molar-refractivity contribution is -0.137. The first-order chi connectivity index (χ1) is 15.4. The molecule has 1 saturated heterocycles. The summed E-state index contributed by atoms with van der Waals surface area (Å²) >= 11 is 0. The molecule has 0 radical (unpaired) electrons. The van der Waals surface area contributed by atoms with Gasteiger partial charge in [0.15, 0.2) is 5.52 Å². The molecule has 166 valence electrons. The maximum absolute atomic E-state index is 12.7. The molecular weight excluding hydrogens is 421 g/mol. The number of benzene rings is 1. The summed E-state index contributed by atoms with van der Waals surface area (Å²) in [6.07, 6.45) is 2.62. The maximum Gasteiger partial charge on any atom is 0.416 e. The zero-order chi connectivity index (χ0) is 22.3. The van der Waals surface area contributed by atoms with Crippen LogP contribution in [0.2, 0.25) is 0 Å². The molecule has 7 nitrogen and oxygen atoms in total. The maximum atomic E-state index is 12.7. The summed E-state index contributed by atoms with van der Waals surface area (Å²) in [5.74, 6) is 0.554. The van der Waals surface area contributed by atoms with Crippen LogP contribution in [0, 0.1) is 0 Å². The molecule has 4 heterocycles. The second kappa shape index (κ2) is 7.94. The third-order valence-corrected chi connectivity index (χ3v) is 5.96. The van der Waals surface area contributed by atoms with Gasteiger partial charge in [0.1, 0.15) is 5.82 Å². The molecule has 10 heteroatoms. The smallest absolute Gasteiger partial charge is 0.341 e. The fraction of sp³-hybridized carbons (Fsp3) is 0.318. The number of fused-ring (bicyclic) bond motifs is 1. The van der Waals surface area contributed by atoms with Gasteiger partial charge in [-0.25, -0.2) is 9.97 Å². The van der Waals surface area contributed by atoms with Crippen molar-refractivity contribution in [2.45, 2.75) is 31.6 Å². The van der Waals surface area contributed by atoms with E-state index in [1.54, 1.807) is 18.7 Å². The molecule has 1 aliphatic rings. The van der Waals surface area contributed by atoms with Gasteiger partial charge >= 0.3 is 6.18 Å². The number of alkyl halides is 3. The summed E-state index contributed by atoms with van der Waals surface area (Å²) in [5.41, 5.74) is 1.99. The van der Waals surface area contributed by atoms with Crippen molar-refractivity contribution in [2.24, 2.45) is 0 Å². The van der Waals surface area contributed by atoms with Crippen molar-refractivity contribution >= 4 is 11.0 Å². The van der Waals surface area contributed by atoms with Crippen molar-refractivity contribution in [1.82, 2.24) is 29.4 Å². The van der Waals surface area contributed by atoms with Crippen molar-refractivity contribution in [2.75, 3.05) is 13.1 Å². The summed E-state index contributed by atoms with van der Waals surface area (Å²) in [6.45, 7) is 2.44. The molecular formula is C22H21F3N6O. The quantitative estimate of drug-likeness (QED) is 0.501. The van der Waals surface area contributed by atoms with E-state index in [0.29, 0.717) is 23.4 Å². The third kappa shape index (κ3) is 3.93. The number of nitrogens with one attached hydrogen (secondary N) is 2. The summed E-state index contributed by atoms with van der Waals surface area (Å²) in [7, 11) is 0. The summed E-state index contributed by atoms with van der Waals surface area (Å²) in [6, 6.07) is 7.15. The van der Waals surface area contributed by atoms with Crippen molar-refractivity contribution in [3.05, 3.63) is 70.7 Å². The van der Waals surface area contributed by atoms with Gasteiger partial charge in [0.2, 0.25) is 0 Å². The second-order valence-electron chi connectivity index (χ2n) is 8.03. The van der Waals surface area contributed by atoms with Crippen LogP contribution in [0.15, 0.2) is 53.8 Å². The van der Waals surface area contributed by atoms with Gasteiger partial charge in [0, 0.05) is 49.3 Å². The number of halogens is 3. The van der Waals surface area contributed by atoms with Gasteiger partial charge in [-0.3, -0.25) is 9.69 Å². The Morgan fingerprint density at radius 1 is 1.06 bits per heavy atom. The van der Waals surface area contributed by atoms with E-state index in [9.17, 15) is 18.0 Å². The Hall–Kier alpha value is -3.40. The normalized spacial score (nSPS) is 16.1. The molecule has 3 aromatic heterocycles. The van der Waals surface area contributed by atoms with E-state index >= 15 is 0 Å². The van der Waals surface area contributed by atoms with E-state index in [1.807, 2.05) is 6.07 Å². The number of aromatic nitrogens is 5. The molecule has 0 amide bonds. The van der Waals surface area contributed by atoms with Gasteiger partial charge in [0.25, 0.3) is 5.56 Å². The van der Waals surface area contributed by atoms with Gasteiger partial charge in [-0.1, -0.05) is 12.1 Å². The number of H-pyrrole nitrogens is 2. The predicted octanol–water partition coefficient (Wildman–Crippen LogP) is 3.97. The van der Waals surface area contributed by atoms with Crippen molar-refractivity contribution in [3.63, 3.8) is 0 Å². The third-order valence-electron chi connectivity index (χ3n) is 5.96. The molecule has 0 atom stereocenters. The van der Waals surface area contributed by atoms with Gasteiger partial charge in [-0.2, -0.15) is 13.2 Å². The lowest BCUT2D eigenvalue weighted by Crippen LogP contribution is -2.34. The summed E-state index contributed by atoms with van der Waals surface area (Å²) < 4.78 is 40.3. The highest BCUT2D eigenvalue weighted by molar-refractivity contribution is 5.73. The molecule has 1 aliphatic heterocycles. The Labute approximate surface area is 180 Å². The van der Waals surface area contributed by atoms with Crippen LogP contribution in [-0.2, 0) is 12.7 Å². The summed E-state index contributed by atoms with van der Waals surface area (Å²) in [5, 5.41) is 0. The van der Waals surface area contributed by atoms with Gasteiger partial charge in [-0.05, 0) is 31.0 Å². The largest absolute Gasteiger partial charge is 0.416 e. The number of piperidine rings is 1. The summed E-state index contributed by atoms with van der Waals surface area (Å²) in [4.78, 5) is 28.7. The van der Waals surface area contributed by atoms with Gasteiger partial charge in [0.05, 0.1) is 17.4 Å². The van der Waals surface area contributed by atoms with Crippen LogP contribution in [0.25, 0.3) is 22.4 Å². The number of hydrogen-bond acceptors (Lipinski definition) is 4. The molecule has 5 rings (SSSR count). The van der Waals surface area contributed by atoms with E-state index in [2.05, 4.69) is 29.4 Å². The number of nitrogens with zero attached hydrogens (tertiary/aromatic N) is 4. The van der Waals surface area contributed by atoms with Gasteiger partial charge in [-0.15, -0.1) is 0 Å². The molecule has 32 heavy (non-hydrogen) atoms. The Morgan fingerprint density at radius 2 is 1.81 bits per heavy atom. The molecule has 0 bridgehead atoms. The molecule has 0 spiro atoms. The number of aromatic amines is 2. The minimum atomic E-state index is -4.35. The number of imidazole rings is 2. The topological polar surface area (TPSA) is 82.6 Å². The molecule has 0 unspecified atom stereocenters. The van der Waals surface area contributed by atoms with E-state index in [0.717, 1.165) is 49.3 Å². The first kappa shape index (κ1) is 20.5. The number of pyridine rings is 1. The van der Waals surface area contributed by atoms with Crippen LogP contribution in [0.1, 0.15) is 30.1 Å². The average molecular weight is 442 g/mol. The Balaban J connectivity index is 1.22. The van der Waals surface area contributed by atoms with Crippen molar-refractivity contribution in [3.8, 4) is 11.4 Å². The number of hydrogen-bond donors (Lipinski definition) is 2.